The van der Waals surface area contributed by atoms with Crippen LogP contribution < -0.4 is 0 Å². The standard InChI is InChI=1S/C8H19NO4/c1-9(2)8(11)7-13-6-5-12-4-3-10/h8,10-11H,3-7H2,1-2H3. The van der Waals surface area contributed by atoms with E-state index in [4.69, 9.17) is 14.6 Å². The van der Waals surface area contributed by atoms with Crippen LogP contribution in [0.2, 0.25) is 0 Å². The van der Waals surface area contributed by atoms with E-state index in [0.29, 0.717) is 19.8 Å². The van der Waals surface area contributed by atoms with Crippen LogP contribution in [-0.2, 0) is 9.47 Å². The highest BCUT2D eigenvalue weighted by Gasteiger charge is 2.04. The molecule has 0 heterocycles. The molecule has 2 N–H and O–H groups in total. The van der Waals surface area contributed by atoms with Gasteiger partial charge in [-0.2, -0.15) is 0 Å². The van der Waals surface area contributed by atoms with Crippen molar-refractivity contribution >= 4 is 0 Å². The van der Waals surface area contributed by atoms with Gasteiger partial charge in [-0.1, -0.05) is 0 Å². The lowest BCUT2D eigenvalue weighted by molar-refractivity contribution is -0.0504. The number of aliphatic hydroxyl groups excluding tert-OH is 2. The van der Waals surface area contributed by atoms with Gasteiger partial charge in [-0.3, -0.25) is 4.90 Å². The van der Waals surface area contributed by atoms with E-state index in [1.807, 2.05) is 0 Å². The Labute approximate surface area is 78.9 Å². The van der Waals surface area contributed by atoms with E-state index in [1.165, 1.54) is 0 Å². The maximum atomic E-state index is 9.25. The van der Waals surface area contributed by atoms with Gasteiger partial charge in [0, 0.05) is 0 Å². The Hall–Kier alpha value is -0.200. The minimum absolute atomic E-state index is 0.0281. The first-order chi connectivity index (χ1) is 6.18. The SMILES string of the molecule is CN(C)C(O)COCCOCCO. The van der Waals surface area contributed by atoms with E-state index >= 15 is 0 Å². The van der Waals surface area contributed by atoms with Crippen molar-refractivity contribution in [2.45, 2.75) is 6.23 Å². The molecule has 0 saturated carbocycles. The molecule has 13 heavy (non-hydrogen) atoms. The Bertz CT molecular complexity index is 110. The highest BCUT2D eigenvalue weighted by atomic mass is 16.5. The number of hydrogen-bond acceptors (Lipinski definition) is 5. The third kappa shape index (κ3) is 8.14. The maximum Gasteiger partial charge on any atom is 0.130 e. The second-order valence-corrected chi connectivity index (χ2v) is 2.86. The number of aliphatic hydroxyl groups is 2. The third-order valence-electron chi connectivity index (χ3n) is 1.47. The average molecular weight is 193 g/mol. The maximum absolute atomic E-state index is 9.25. The molecule has 0 aromatic carbocycles. The fourth-order valence-electron chi connectivity index (χ4n) is 0.622. The Balaban J connectivity index is 3.07. The van der Waals surface area contributed by atoms with Gasteiger partial charge in [-0.15, -0.1) is 0 Å². The van der Waals surface area contributed by atoms with Crippen LogP contribution in [0.5, 0.6) is 0 Å². The second-order valence-electron chi connectivity index (χ2n) is 2.86. The molecular formula is C8H19NO4. The largest absolute Gasteiger partial charge is 0.394 e. The first-order valence-corrected chi connectivity index (χ1v) is 4.29. The first kappa shape index (κ1) is 12.8. The molecular weight excluding hydrogens is 174 g/mol. The van der Waals surface area contributed by atoms with Gasteiger partial charge in [0.2, 0.25) is 0 Å². The molecule has 1 unspecified atom stereocenters. The van der Waals surface area contributed by atoms with Crippen molar-refractivity contribution < 1.29 is 19.7 Å². The topological polar surface area (TPSA) is 62.2 Å². The smallest absolute Gasteiger partial charge is 0.130 e. The summed E-state index contributed by atoms with van der Waals surface area (Å²) in [7, 11) is 3.55. The lowest BCUT2D eigenvalue weighted by atomic mass is 10.5. The van der Waals surface area contributed by atoms with Crippen LogP contribution in [0, 0.1) is 0 Å². The predicted octanol–water partition coefficient (Wildman–Crippen LogP) is -1.11. The highest BCUT2D eigenvalue weighted by molar-refractivity contribution is 4.47. The number of rotatable bonds is 8. The van der Waals surface area contributed by atoms with Gasteiger partial charge in [-0.05, 0) is 14.1 Å². The summed E-state index contributed by atoms with van der Waals surface area (Å²) in [4.78, 5) is 1.66. The molecule has 0 amide bonds. The van der Waals surface area contributed by atoms with E-state index in [1.54, 1.807) is 19.0 Å². The summed E-state index contributed by atoms with van der Waals surface area (Å²) in [6.07, 6.45) is -0.571. The highest BCUT2D eigenvalue weighted by Crippen LogP contribution is 1.88. The van der Waals surface area contributed by atoms with Crippen LogP contribution in [0.1, 0.15) is 0 Å². The van der Waals surface area contributed by atoms with Crippen LogP contribution in [0.15, 0.2) is 0 Å². The van der Waals surface area contributed by atoms with Crippen LogP contribution in [0.4, 0.5) is 0 Å². The van der Waals surface area contributed by atoms with E-state index < -0.39 is 6.23 Å². The lowest BCUT2D eigenvalue weighted by Gasteiger charge is -2.17. The molecule has 0 saturated heterocycles. The van der Waals surface area contributed by atoms with Crippen molar-refractivity contribution in [2.75, 3.05) is 47.1 Å². The Morgan fingerprint density at radius 2 is 1.77 bits per heavy atom. The number of nitrogens with zero attached hydrogens (tertiary/aromatic N) is 1. The number of ether oxygens (including phenoxy) is 2. The van der Waals surface area contributed by atoms with Gasteiger partial charge in [0.1, 0.15) is 6.23 Å². The van der Waals surface area contributed by atoms with Gasteiger partial charge >= 0.3 is 0 Å². The molecule has 0 bridgehead atoms. The molecule has 0 fully saturated rings. The van der Waals surface area contributed by atoms with Crippen molar-refractivity contribution in [2.24, 2.45) is 0 Å². The van der Waals surface area contributed by atoms with Gasteiger partial charge in [0.15, 0.2) is 0 Å². The molecule has 80 valence electrons. The molecule has 5 nitrogen and oxygen atoms in total. The van der Waals surface area contributed by atoms with Gasteiger partial charge in [-0.25, -0.2) is 0 Å². The average Bonchev–Trinajstić information content (AvgIpc) is 2.10. The third-order valence-corrected chi connectivity index (χ3v) is 1.47. The van der Waals surface area contributed by atoms with Crippen molar-refractivity contribution in [3.05, 3.63) is 0 Å². The summed E-state index contributed by atoms with van der Waals surface area (Å²) < 4.78 is 10.1. The zero-order chi connectivity index (χ0) is 10.1. The van der Waals surface area contributed by atoms with E-state index in [0.717, 1.165) is 0 Å². The lowest BCUT2D eigenvalue weighted by Crippen LogP contribution is -2.32. The monoisotopic (exact) mass is 193 g/mol. The minimum Gasteiger partial charge on any atom is -0.394 e. The summed E-state index contributed by atoms with van der Waals surface area (Å²) in [5.41, 5.74) is 0. The zero-order valence-electron chi connectivity index (χ0n) is 8.27. The van der Waals surface area contributed by atoms with Crippen LogP contribution >= 0.6 is 0 Å². The fraction of sp³-hybridized carbons (Fsp3) is 1.00. The summed E-state index contributed by atoms with van der Waals surface area (Å²) in [6, 6.07) is 0. The van der Waals surface area contributed by atoms with Gasteiger partial charge in [0.05, 0.1) is 33.0 Å². The van der Waals surface area contributed by atoms with Gasteiger partial charge < -0.3 is 19.7 Å². The summed E-state index contributed by atoms with van der Waals surface area (Å²) in [6.45, 7) is 1.51. The molecule has 0 aliphatic heterocycles. The second kappa shape index (κ2) is 8.40. The molecule has 0 rings (SSSR count). The van der Waals surface area contributed by atoms with E-state index in [2.05, 4.69) is 0 Å². The fourth-order valence-corrected chi connectivity index (χ4v) is 0.622. The molecule has 0 aromatic heterocycles. The summed E-state index contributed by atoms with van der Waals surface area (Å²) in [5.74, 6) is 0. The van der Waals surface area contributed by atoms with Gasteiger partial charge in [0.25, 0.3) is 0 Å². The van der Waals surface area contributed by atoms with Crippen molar-refractivity contribution in [3.8, 4) is 0 Å². The molecule has 1 atom stereocenters. The van der Waals surface area contributed by atoms with E-state index in [-0.39, 0.29) is 13.2 Å². The van der Waals surface area contributed by atoms with Crippen molar-refractivity contribution in [1.82, 2.24) is 4.90 Å². The molecule has 0 spiro atoms. The number of likely N-dealkylation sites (N-methyl/N-ethyl adjacent to an activating group) is 1. The molecule has 0 aromatic rings. The van der Waals surface area contributed by atoms with E-state index in [9.17, 15) is 5.11 Å². The Morgan fingerprint density at radius 3 is 2.31 bits per heavy atom. The van der Waals surface area contributed by atoms with Crippen LogP contribution in [0.25, 0.3) is 0 Å². The van der Waals surface area contributed by atoms with Crippen molar-refractivity contribution in [3.63, 3.8) is 0 Å². The molecule has 0 radical (unpaired) electrons. The number of hydrogen-bond donors (Lipinski definition) is 2. The normalized spacial score (nSPS) is 13.6. The Kier molecular flexibility index (Phi) is 8.27. The zero-order valence-corrected chi connectivity index (χ0v) is 8.27. The van der Waals surface area contributed by atoms with Crippen molar-refractivity contribution in [1.29, 1.82) is 0 Å². The minimum atomic E-state index is -0.571. The molecule has 0 aliphatic rings. The predicted molar refractivity (Wildman–Crippen MR) is 48.4 cm³/mol. The Morgan fingerprint density at radius 1 is 1.15 bits per heavy atom. The molecule has 0 aliphatic carbocycles. The quantitative estimate of drug-likeness (QED) is 0.378. The first-order valence-electron chi connectivity index (χ1n) is 4.29. The van der Waals surface area contributed by atoms with Crippen LogP contribution in [-0.4, -0.2) is 68.5 Å². The van der Waals surface area contributed by atoms with Crippen LogP contribution in [0.3, 0.4) is 0 Å². The molecule has 5 heteroatoms. The summed E-state index contributed by atoms with van der Waals surface area (Å²) in [5, 5.41) is 17.6. The summed E-state index contributed by atoms with van der Waals surface area (Å²) >= 11 is 0.